The Morgan fingerprint density at radius 3 is 2.55 bits per heavy atom. The van der Waals surface area contributed by atoms with E-state index in [0.29, 0.717) is 34.5 Å². The first kappa shape index (κ1) is 23.7. The van der Waals surface area contributed by atoms with E-state index in [1.165, 1.54) is 36.7 Å². The molecule has 0 unspecified atom stereocenters. The summed E-state index contributed by atoms with van der Waals surface area (Å²) in [5, 5.41) is 11.2. The van der Waals surface area contributed by atoms with E-state index in [4.69, 9.17) is 9.73 Å². The zero-order chi connectivity index (χ0) is 23.4. The van der Waals surface area contributed by atoms with Gasteiger partial charge in [-0.3, -0.25) is 9.69 Å². The number of ether oxygens (including phenoxy) is 1. The van der Waals surface area contributed by atoms with Crippen molar-refractivity contribution in [1.82, 2.24) is 4.90 Å². The number of piperidine rings is 1. The maximum absolute atomic E-state index is 13.0. The number of hydrogen-bond acceptors (Lipinski definition) is 6. The molecule has 0 spiro atoms. The molecule has 4 rings (SSSR count). The number of carbonyl (C=O) groups excluding carboxylic acids is 1. The number of nitrogens with zero attached hydrogens (tertiary/aromatic N) is 3. The number of benzene rings is 2. The summed E-state index contributed by atoms with van der Waals surface area (Å²) in [6, 6.07) is 11.7. The number of aromatic hydroxyl groups is 1. The molecule has 0 radical (unpaired) electrons. The Hall–Kier alpha value is -2.45. The van der Waals surface area contributed by atoms with Gasteiger partial charge in [0.25, 0.3) is 5.91 Å². The van der Waals surface area contributed by atoms with Gasteiger partial charge >= 0.3 is 0 Å². The van der Waals surface area contributed by atoms with Gasteiger partial charge in [-0.15, -0.1) is 0 Å². The summed E-state index contributed by atoms with van der Waals surface area (Å²) in [5.74, 6) is 0.274. The fourth-order valence-electron chi connectivity index (χ4n) is 3.98. The van der Waals surface area contributed by atoms with E-state index in [0.717, 1.165) is 23.2 Å². The van der Waals surface area contributed by atoms with Crippen molar-refractivity contribution in [2.75, 3.05) is 31.1 Å². The van der Waals surface area contributed by atoms with Crippen molar-refractivity contribution in [3.05, 3.63) is 51.3 Å². The third-order valence-electron chi connectivity index (χ3n) is 5.66. The summed E-state index contributed by atoms with van der Waals surface area (Å²) >= 11 is 4.77. The zero-order valence-corrected chi connectivity index (χ0v) is 21.3. The van der Waals surface area contributed by atoms with Crippen molar-refractivity contribution in [3.8, 4) is 11.5 Å². The number of phenolic OH excluding ortho intramolecular Hbond substituents is 1. The summed E-state index contributed by atoms with van der Waals surface area (Å²) < 4.78 is 6.27. The molecule has 2 aromatic rings. The molecular weight excluding hydrogens is 502 g/mol. The number of phenols is 1. The van der Waals surface area contributed by atoms with E-state index in [9.17, 15) is 9.90 Å². The third kappa shape index (κ3) is 5.38. The molecule has 0 aromatic heterocycles. The number of thioether (sulfide) groups is 1. The molecule has 2 aromatic carbocycles. The van der Waals surface area contributed by atoms with Crippen LogP contribution in [0, 0.1) is 0 Å². The van der Waals surface area contributed by atoms with Crippen LogP contribution in [-0.4, -0.2) is 47.3 Å². The molecule has 0 aliphatic carbocycles. The van der Waals surface area contributed by atoms with E-state index in [1.54, 1.807) is 23.1 Å². The van der Waals surface area contributed by atoms with Crippen LogP contribution in [-0.2, 0) is 4.79 Å². The van der Waals surface area contributed by atoms with Crippen molar-refractivity contribution in [3.63, 3.8) is 0 Å². The van der Waals surface area contributed by atoms with Gasteiger partial charge in [-0.25, -0.2) is 4.99 Å². The highest BCUT2D eigenvalue weighted by Gasteiger charge is 2.32. The maximum atomic E-state index is 13.0. The number of anilines is 1. The largest absolute Gasteiger partial charge is 0.504 e. The van der Waals surface area contributed by atoms with E-state index >= 15 is 0 Å². The Morgan fingerprint density at radius 1 is 1.15 bits per heavy atom. The molecule has 8 heteroatoms. The molecular formula is C25H28BrN3O3S. The fourth-order valence-corrected chi connectivity index (χ4v) is 5.49. The second-order valence-electron chi connectivity index (χ2n) is 7.89. The topological polar surface area (TPSA) is 65.4 Å². The van der Waals surface area contributed by atoms with Crippen LogP contribution in [0.4, 0.5) is 11.4 Å². The molecule has 1 amide bonds. The van der Waals surface area contributed by atoms with Gasteiger partial charge in [0.1, 0.15) is 0 Å². The maximum Gasteiger partial charge on any atom is 0.266 e. The Morgan fingerprint density at radius 2 is 1.88 bits per heavy atom. The molecule has 2 heterocycles. The molecule has 1 N–H and O–H groups in total. The molecule has 0 saturated carbocycles. The molecule has 33 heavy (non-hydrogen) atoms. The van der Waals surface area contributed by atoms with Crippen LogP contribution in [0.5, 0.6) is 11.5 Å². The smallest absolute Gasteiger partial charge is 0.266 e. The number of amidine groups is 1. The van der Waals surface area contributed by atoms with Crippen LogP contribution >= 0.6 is 27.7 Å². The standard InChI is InChI=1S/C25H28BrN3O3S/c1-3-29-24(31)22(15-17-14-18(26)16-21(23(17)30)32-4-2)33-25(29)27-19-8-10-20(11-9-19)28-12-6-5-7-13-28/h8-11,14-16,30H,3-7,12-13H2,1-2H3/b22-15-,27-25?. The summed E-state index contributed by atoms with van der Waals surface area (Å²) in [4.78, 5) is 22.4. The number of rotatable bonds is 6. The van der Waals surface area contributed by atoms with Gasteiger partial charge in [0, 0.05) is 35.4 Å². The first-order chi connectivity index (χ1) is 16.0. The average molecular weight is 530 g/mol. The predicted molar refractivity (Wildman–Crippen MR) is 140 cm³/mol. The fraction of sp³-hybridized carbons (Fsp3) is 0.360. The van der Waals surface area contributed by atoms with Gasteiger partial charge in [-0.2, -0.15) is 0 Å². The number of halogens is 1. The Kier molecular flexibility index (Phi) is 7.65. The van der Waals surface area contributed by atoms with Crippen LogP contribution in [0.2, 0.25) is 0 Å². The lowest BCUT2D eigenvalue weighted by Crippen LogP contribution is -2.29. The van der Waals surface area contributed by atoms with Crippen molar-refractivity contribution in [2.24, 2.45) is 4.99 Å². The quantitative estimate of drug-likeness (QED) is 0.453. The normalized spacial score (nSPS) is 19.1. The lowest BCUT2D eigenvalue weighted by Gasteiger charge is -2.28. The molecule has 174 valence electrons. The van der Waals surface area contributed by atoms with Crippen LogP contribution in [0.3, 0.4) is 0 Å². The highest BCUT2D eigenvalue weighted by Crippen LogP contribution is 2.39. The minimum absolute atomic E-state index is 0.0164. The molecule has 2 fully saturated rings. The molecule has 2 aliphatic rings. The Labute approximate surface area is 207 Å². The minimum Gasteiger partial charge on any atom is -0.504 e. The van der Waals surface area contributed by atoms with Gasteiger partial charge in [-0.1, -0.05) is 15.9 Å². The molecule has 2 aliphatic heterocycles. The van der Waals surface area contributed by atoms with Gasteiger partial charge in [-0.05, 0) is 87.3 Å². The van der Waals surface area contributed by atoms with Crippen molar-refractivity contribution < 1.29 is 14.6 Å². The van der Waals surface area contributed by atoms with Gasteiger partial charge in [0.2, 0.25) is 0 Å². The monoisotopic (exact) mass is 529 g/mol. The first-order valence-electron chi connectivity index (χ1n) is 11.3. The molecule has 2 saturated heterocycles. The first-order valence-corrected chi connectivity index (χ1v) is 12.9. The number of amides is 1. The number of hydrogen-bond donors (Lipinski definition) is 1. The van der Waals surface area contributed by atoms with E-state index in [1.807, 2.05) is 26.0 Å². The molecule has 0 atom stereocenters. The van der Waals surface area contributed by atoms with E-state index < -0.39 is 0 Å². The lowest BCUT2D eigenvalue weighted by molar-refractivity contribution is -0.122. The third-order valence-corrected chi connectivity index (χ3v) is 7.12. The number of likely N-dealkylation sites (N-methyl/N-ethyl adjacent to an activating group) is 1. The highest BCUT2D eigenvalue weighted by atomic mass is 79.9. The SMILES string of the molecule is CCOc1cc(Br)cc(/C=C2\SC(=Nc3ccc(N4CCCCC4)cc3)N(CC)C2=O)c1O. The average Bonchev–Trinajstić information content (AvgIpc) is 3.11. The van der Waals surface area contributed by atoms with Gasteiger partial charge < -0.3 is 14.7 Å². The van der Waals surface area contributed by atoms with E-state index in [-0.39, 0.29) is 11.7 Å². The van der Waals surface area contributed by atoms with Crippen LogP contribution in [0.1, 0.15) is 38.7 Å². The second-order valence-corrected chi connectivity index (χ2v) is 9.82. The Balaban J connectivity index is 1.59. The highest BCUT2D eigenvalue weighted by molar-refractivity contribution is 9.10. The summed E-state index contributed by atoms with van der Waals surface area (Å²) in [6.07, 6.45) is 5.48. The van der Waals surface area contributed by atoms with Crippen molar-refractivity contribution in [2.45, 2.75) is 33.1 Å². The van der Waals surface area contributed by atoms with Gasteiger partial charge in [0.15, 0.2) is 16.7 Å². The summed E-state index contributed by atoms with van der Waals surface area (Å²) in [6.45, 7) is 6.94. The number of aliphatic imine (C=N–C) groups is 1. The predicted octanol–water partition coefficient (Wildman–Crippen LogP) is 6.17. The van der Waals surface area contributed by atoms with Crippen LogP contribution in [0.15, 0.2) is 50.8 Å². The van der Waals surface area contributed by atoms with Gasteiger partial charge in [0.05, 0.1) is 17.2 Å². The van der Waals surface area contributed by atoms with Crippen LogP contribution in [0.25, 0.3) is 6.08 Å². The molecule has 6 nitrogen and oxygen atoms in total. The lowest BCUT2D eigenvalue weighted by atomic mass is 10.1. The summed E-state index contributed by atoms with van der Waals surface area (Å²) in [5.41, 5.74) is 2.55. The molecule has 0 bridgehead atoms. The Bertz CT molecular complexity index is 1080. The van der Waals surface area contributed by atoms with E-state index in [2.05, 4.69) is 33.0 Å². The van der Waals surface area contributed by atoms with Crippen molar-refractivity contribution >= 4 is 56.2 Å². The second kappa shape index (κ2) is 10.7. The summed E-state index contributed by atoms with van der Waals surface area (Å²) in [7, 11) is 0. The van der Waals surface area contributed by atoms with Crippen molar-refractivity contribution in [1.29, 1.82) is 0 Å². The number of carbonyl (C=O) groups is 1. The van der Waals surface area contributed by atoms with Crippen LogP contribution < -0.4 is 9.64 Å². The minimum atomic E-state index is -0.122. The zero-order valence-electron chi connectivity index (χ0n) is 18.9.